The van der Waals surface area contributed by atoms with Crippen LogP contribution in [0.15, 0.2) is 0 Å². The van der Waals surface area contributed by atoms with Crippen LogP contribution < -0.4 is 4.90 Å². The van der Waals surface area contributed by atoms with E-state index >= 15 is 0 Å². The van der Waals surface area contributed by atoms with Crippen LogP contribution in [0.2, 0.25) is 0 Å². The smallest absolute Gasteiger partial charge is 0.312 e. The quantitative estimate of drug-likeness (QED) is 0.577. The van der Waals surface area contributed by atoms with E-state index in [0.29, 0.717) is 11.9 Å². The predicted molar refractivity (Wildman–Crippen MR) is 46.2 cm³/mol. The Morgan fingerprint density at radius 1 is 1.64 bits per heavy atom. The van der Waals surface area contributed by atoms with E-state index in [9.17, 15) is 4.79 Å². The van der Waals surface area contributed by atoms with Crippen molar-refractivity contribution in [3.63, 3.8) is 0 Å². The van der Waals surface area contributed by atoms with Crippen LogP contribution in [-0.4, -0.2) is 18.5 Å². The number of rotatable bonds is 2. The number of hydrogen-bond acceptors (Lipinski definition) is 1. The van der Waals surface area contributed by atoms with Crippen LogP contribution in [-0.2, 0) is 4.79 Å². The normalized spacial score (nSPS) is 26.4. The molecule has 0 aromatic rings. The largest absolute Gasteiger partial charge is 0.358 e. The Hall–Kier alpha value is -0.370. The fourth-order valence-corrected chi connectivity index (χ4v) is 1.51. The van der Waals surface area contributed by atoms with Gasteiger partial charge in [0.05, 0.1) is 19.0 Å². The van der Waals surface area contributed by atoms with E-state index in [1.54, 1.807) is 0 Å². The Kier molecular flexibility index (Phi) is 4.34. The molecule has 0 aromatic carbocycles. The van der Waals surface area contributed by atoms with E-state index in [2.05, 4.69) is 13.8 Å². The molecule has 0 bridgehead atoms. The van der Waals surface area contributed by atoms with Crippen molar-refractivity contribution < 1.29 is 9.69 Å². The zero-order valence-electron chi connectivity index (χ0n) is 7.81. The summed E-state index contributed by atoms with van der Waals surface area (Å²) in [4.78, 5) is 12.3. The van der Waals surface area contributed by atoms with E-state index in [1.165, 1.54) is 4.90 Å². The molecular formula is C9H19NO. The number of carbonyl (C=O) groups is 1. The molecule has 1 saturated heterocycles. The summed E-state index contributed by atoms with van der Waals surface area (Å²) in [6, 6.07) is 0.537. The molecule has 0 saturated carbocycles. The molecule has 2 atom stereocenters. The van der Waals surface area contributed by atoms with Gasteiger partial charge in [0.15, 0.2) is 0 Å². The Morgan fingerprint density at radius 3 is 2.64 bits per heavy atom. The highest BCUT2D eigenvalue weighted by Crippen LogP contribution is 1.94. The molecule has 0 aliphatic carbocycles. The summed E-state index contributed by atoms with van der Waals surface area (Å²) < 4.78 is 0. The van der Waals surface area contributed by atoms with Crippen molar-refractivity contribution in [3.05, 3.63) is 7.43 Å². The van der Waals surface area contributed by atoms with Gasteiger partial charge in [-0.3, -0.25) is 4.90 Å². The second-order valence-electron chi connectivity index (χ2n) is 3.11. The Morgan fingerprint density at radius 2 is 2.27 bits per heavy atom. The van der Waals surface area contributed by atoms with Crippen LogP contribution in [0.25, 0.3) is 0 Å². The number of hydrogen-bond donors (Lipinski definition) is 1. The first kappa shape index (κ1) is 10.6. The first-order chi connectivity index (χ1) is 4.75. The summed E-state index contributed by atoms with van der Waals surface area (Å²) >= 11 is 0. The Bertz CT molecular complexity index is 134. The molecule has 2 nitrogen and oxygen atoms in total. The minimum absolute atomic E-state index is 0. The average molecular weight is 157 g/mol. The minimum Gasteiger partial charge on any atom is -0.358 e. The van der Waals surface area contributed by atoms with E-state index in [4.69, 9.17) is 0 Å². The number of quaternary nitrogens is 1. The zero-order chi connectivity index (χ0) is 7.56. The van der Waals surface area contributed by atoms with Gasteiger partial charge in [-0.2, -0.15) is 0 Å². The summed E-state index contributed by atoms with van der Waals surface area (Å²) in [5.74, 6) is 0.425. The second kappa shape index (κ2) is 4.50. The third kappa shape index (κ3) is 2.29. The highest BCUT2D eigenvalue weighted by molar-refractivity contribution is 5.68. The van der Waals surface area contributed by atoms with Crippen molar-refractivity contribution >= 4 is 5.91 Å². The number of likely N-dealkylation sites (tertiary alicyclic amines) is 1. The molecule has 1 heterocycles. The SMILES string of the molecule is CCC(C)[NH+]1CCCC1=O.[CH3-]. The third-order valence-corrected chi connectivity index (χ3v) is 2.42. The van der Waals surface area contributed by atoms with Crippen LogP contribution in [0.1, 0.15) is 33.1 Å². The van der Waals surface area contributed by atoms with E-state index in [0.717, 1.165) is 25.8 Å². The van der Waals surface area contributed by atoms with E-state index in [1.807, 2.05) is 0 Å². The first-order valence-electron chi connectivity index (χ1n) is 4.14. The highest BCUT2D eigenvalue weighted by atomic mass is 16.2. The molecule has 1 aliphatic rings. The van der Waals surface area contributed by atoms with Gasteiger partial charge in [-0.1, -0.05) is 6.92 Å². The van der Waals surface area contributed by atoms with Crippen LogP contribution in [0.4, 0.5) is 0 Å². The molecule has 1 N–H and O–H groups in total. The maximum Gasteiger partial charge on any atom is 0.312 e. The van der Waals surface area contributed by atoms with Gasteiger partial charge in [-0.05, 0) is 13.3 Å². The topological polar surface area (TPSA) is 21.5 Å². The first-order valence-corrected chi connectivity index (χ1v) is 4.14. The fourth-order valence-electron chi connectivity index (χ4n) is 1.51. The minimum atomic E-state index is 0. The molecule has 0 radical (unpaired) electrons. The highest BCUT2D eigenvalue weighted by Gasteiger charge is 2.29. The molecule has 1 rings (SSSR count). The molecule has 66 valence electrons. The molecular weight excluding hydrogens is 138 g/mol. The maximum absolute atomic E-state index is 11.1. The van der Waals surface area contributed by atoms with Gasteiger partial charge in [-0.25, -0.2) is 4.79 Å². The Labute approximate surface area is 69.6 Å². The monoisotopic (exact) mass is 157 g/mol. The third-order valence-electron chi connectivity index (χ3n) is 2.42. The summed E-state index contributed by atoms with van der Waals surface area (Å²) in [5.41, 5.74) is 0. The molecule has 11 heavy (non-hydrogen) atoms. The molecule has 2 heteroatoms. The van der Waals surface area contributed by atoms with E-state index < -0.39 is 0 Å². The summed E-state index contributed by atoms with van der Waals surface area (Å²) in [5, 5.41) is 0. The fraction of sp³-hybridized carbons (Fsp3) is 0.778. The molecule has 1 fully saturated rings. The van der Waals surface area contributed by atoms with Crippen LogP contribution in [0.5, 0.6) is 0 Å². The van der Waals surface area contributed by atoms with Crippen LogP contribution in [0.3, 0.4) is 0 Å². The van der Waals surface area contributed by atoms with Gasteiger partial charge in [0.1, 0.15) is 0 Å². The molecule has 0 spiro atoms. The standard InChI is InChI=1S/C8H15NO.CH3/c1-3-7(2)9-6-4-5-8(9)10;/h7H,3-6H2,1-2H3;1H3/q;-1/p+1. The molecule has 0 aromatic heterocycles. The molecule has 1 amide bonds. The van der Waals surface area contributed by atoms with Gasteiger partial charge in [-0.15, -0.1) is 0 Å². The van der Waals surface area contributed by atoms with Crippen LogP contribution >= 0.6 is 0 Å². The van der Waals surface area contributed by atoms with Gasteiger partial charge < -0.3 is 7.43 Å². The van der Waals surface area contributed by atoms with Crippen molar-refractivity contribution in [3.8, 4) is 0 Å². The predicted octanol–water partition coefficient (Wildman–Crippen LogP) is 0.440. The van der Waals surface area contributed by atoms with Crippen LogP contribution in [0, 0.1) is 7.43 Å². The van der Waals surface area contributed by atoms with Gasteiger partial charge >= 0.3 is 5.91 Å². The van der Waals surface area contributed by atoms with Gasteiger partial charge in [0.25, 0.3) is 0 Å². The molecule has 2 unspecified atom stereocenters. The zero-order valence-corrected chi connectivity index (χ0v) is 7.81. The molecule has 1 aliphatic heterocycles. The number of amides is 1. The number of carbonyl (C=O) groups excluding carboxylic acids is 1. The number of nitrogens with one attached hydrogen (secondary N) is 1. The summed E-state index contributed by atoms with van der Waals surface area (Å²) in [7, 11) is 0. The lowest BCUT2D eigenvalue weighted by molar-refractivity contribution is -0.837. The summed E-state index contributed by atoms with van der Waals surface area (Å²) in [6.07, 6.45) is 3.01. The van der Waals surface area contributed by atoms with E-state index in [-0.39, 0.29) is 7.43 Å². The lowest BCUT2D eigenvalue weighted by Gasteiger charge is -2.16. The van der Waals surface area contributed by atoms with Crippen molar-refractivity contribution in [2.24, 2.45) is 0 Å². The maximum atomic E-state index is 11.1. The van der Waals surface area contributed by atoms with Gasteiger partial charge in [0.2, 0.25) is 0 Å². The van der Waals surface area contributed by atoms with Crippen molar-refractivity contribution in [1.82, 2.24) is 0 Å². The lowest BCUT2D eigenvalue weighted by atomic mass is 10.2. The van der Waals surface area contributed by atoms with Crippen molar-refractivity contribution in [1.29, 1.82) is 0 Å². The second-order valence-corrected chi connectivity index (χ2v) is 3.11. The van der Waals surface area contributed by atoms with Crippen molar-refractivity contribution in [2.75, 3.05) is 6.54 Å². The Balaban J connectivity index is 0.000001000. The van der Waals surface area contributed by atoms with Crippen molar-refractivity contribution in [2.45, 2.75) is 39.2 Å². The van der Waals surface area contributed by atoms with Gasteiger partial charge in [0, 0.05) is 6.42 Å². The average Bonchev–Trinajstić information content (AvgIpc) is 2.34. The summed E-state index contributed by atoms with van der Waals surface area (Å²) in [6.45, 7) is 5.36. The lowest BCUT2D eigenvalue weighted by Crippen LogP contribution is -3.15.